The quantitative estimate of drug-likeness (QED) is 0.825. The lowest BCUT2D eigenvalue weighted by Crippen LogP contribution is -2.47. The monoisotopic (exact) mass is 234 g/mol. The molecule has 17 heavy (non-hydrogen) atoms. The number of nitrogens with zero attached hydrogens (tertiary/aromatic N) is 2. The zero-order valence-corrected chi connectivity index (χ0v) is 10.9. The molecule has 0 amide bonds. The van der Waals surface area contributed by atoms with Gasteiger partial charge in [-0.05, 0) is 39.2 Å². The molecule has 1 aromatic rings. The van der Waals surface area contributed by atoms with Crippen LogP contribution >= 0.6 is 0 Å². The second kappa shape index (κ2) is 4.92. The summed E-state index contributed by atoms with van der Waals surface area (Å²) in [5.41, 5.74) is 11.1. The van der Waals surface area contributed by atoms with Crippen LogP contribution in [0.15, 0.2) is 12.3 Å². The molecule has 0 radical (unpaired) electrons. The van der Waals surface area contributed by atoms with Crippen molar-refractivity contribution in [1.29, 1.82) is 0 Å². The van der Waals surface area contributed by atoms with Gasteiger partial charge in [0.1, 0.15) is 5.82 Å². The first-order chi connectivity index (χ1) is 8.08. The fraction of sp³-hybridized carbons (Fsp3) is 0.615. The smallest absolute Gasteiger partial charge is 0.142 e. The van der Waals surface area contributed by atoms with E-state index in [-0.39, 0.29) is 0 Å². The molecule has 0 aromatic carbocycles. The average molecular weight is 234 g/mol. The third-order valence-electron chi connectivity index (χ3n) is 3.58. The Labute approximate surface area is 103 Å². The minimum Gasteiger partial charge on any atom is -0.398 e. The largest absolute Gasteiger partial charge is 0.398 e. The Kier molecular flexibility index (Phi) is 3.52. The van der Waals surface area contributed by atoms with E-state index in [1.54, 1.807) is 0 Å². The van der Waals surface area contributed by atoms with Gasteiger partial charge in [0.05, 0.1) is 0 Å². The predicted octanol–water partition coefficient (Wildman–Crippen LogP) is 2.56. The molecule has 94 valence electrons. The summed E-state index contributed by atoms with van der Waals surface area (Å²) in [6, 6.07) is 3.00. The molecule has 2 unspecified atom stereocenters. The van der Waals surface area contributed by atoms with Crippen molar-refractivity contribution in [3.05, 3.63) is 17.8 Å². The number of rotatable bonds is 2. The summed E-state index contributed by atoms with van der Waals surface area (Å²) in [7, 11) is 0. The van der Waals surface area contributed by atoms with Gasteiger partial charge in [0.15, 0.2) is 0 Å². The molecule has 2 atom stereocenters. The Bertz CT molecular complexity index is 381. The van der Waals surface area contributed by atoms with Crippen molar-refractivity contribution in [2.45, 2.75) is 52.1 Å². The van der Waals surface area contributed by atoms with Crippen LogP contribution in [0.1, 0.15) is 38.7 Å². The topological polar surface area (TPSA) is 54.2 Å². The highest BCUT2D eigenvalue weighted by Crippen LogP contribution is 2.23. The summed E-state index contributed by atoms with van der Waals surface area (Å²) in [6.45, 7) is 6.47. The number of aryl methyl sites for hydroxylation is 1. The summed E-state index contributed by atoms with van der Waals surface area (Å²) < 4.78 is 0. The highest BCUT2D eigenvalue weighted by atomic mass is 15.5. The molecule has 1 saturated heterocycles. The van der Waals surface area contributed by atoms with Gasteiger partial charge in [-0.3, -0.25) is 0 Å². The van der Waals surface area contributed by atoms with E-state index in [0.717, 1.165) is 17.1 Å². The molecule has 4 nitrogen and oxygen atoms in total. The molecular weight excluding hydrogens is 212 g/mol. The number of nitrogens with one attached hydrogen (secondary N) is 1. The maximum Gasteiger partial charge on any atom is 0.142 e. The van der Waals surface area contributed by atoms with Gasteiger partial charge in [0, 0.05) is 30.0 Å². The highest BCUT2D eigenvalue weighted by molar-refractivity contribution is 5.53. The summed E-state index contributed by atoms with van der Waals surface area (Å²) in [4.78, 5) is 4.37. The Morgan fingerprint density at radius 1 is 1.35 bits per heavy atom. The fourth-order valence-electron chi connectivity index (χ4n) is 2.37. The summed E-state index contributed by atoms with van der Waals surface area (Å²) in [5.74, 6) is 0.841. The van der Waals surface area contributed by atoms with Gasteiger partial charge < -0.3 is 11.2 Å². The molecule has 1 aromatic heterocycles. The Hall–Kier alpha value is -1.29. The third-order valence-corrected chi connectivity index (χ3v) is 3.58. The van der Waals surface area contributed by atoms with Gasteiger partial charge in [-0.2, -0.15) is 0 Å². The molecule has 1 fully saturated rings. The summed E-state index contributed by atoms with van der Waals surface area (Å²) in [6.07, 6.45) is 5.60. The zero-order valence-electron chi connectivity index (χ0n) is 10.9. The molecule has 2 heterocycles. The molecule has 0 aliphatic carbocycles. The van der Waals surface area contributed by atoms with Crippen LogP contribution in [0.3, 0.4) is 0 Å². The van der Waals surface area contributed by atoms with E-state index >= 15 is 0 Å². The lowest BCUT2D eigenvalue weighted by Gasteiger charge is -2.39. The minimum atomic E-state index is 0.545. The van der Waals surface area contributed by atoms with Crippen LogP contribution in [0.25, 0.3) is 0 Å². The Morgan fingerprint density at radius 3 is 2.59 bits per heavy atom. The zero-order chi connectivity index (χ0) is 12.4. The lowest BCUT2D eigenvalue weighted by atomic mass is 10.00. The molecule has 1 aliphatic heterocycles. The van der Waals surface area contributed by atoms with Gasteiger partial charge in [0.2, 0.25) is 0 Å². The number of hydrogen-bond acceptors (Lipinski definition) is 4. The van der Waals surface area contributed by atoms with Crippen LogP contribution in [0.4, 0.5) is 11.5 Å². The number of hydrazine groups is 1. The van der Waals surface area contributed by atoms with Crippen molar-refractivity contribution in [1.82, 2.24) is 9.99 Å². The van der Waals surface area contributed by atoms with Gasteiger partial charge in [-0.15, -0.1) is 0 Å². The summed E-state index contributed by atoms with van der Waals surface area (Å²) in [5, 5.41) is 2.29. The number of pyridine rings is 1. The highest BCUT2D eigenvalue weighted by Gasteiger charge is 2.24. The van der Waals surface area contributed by atoms with E-state index in [4.69, 9.17) is 5.73 Å². The molecule has 0 saturated carbocycles. The second-order valence-electron chi connectivity index (χ2n) is 5.07. The molecule has 2 rings (SSSR count). The lowest BCUT2D eigenvalue weighted by molar-refractivity contribution is 0.135. The van der Waals surface area contributed by atoms with Crippen molar-refractivity contribution in [2.75, 3.05) is 11.2 Å². The van der Waals surface area contributed by atoms with Crippen molar-refractivity contribution in [3.8, 4) is 0 Å². The van der Waals surface area contributed by atoms with Crippen molar-refractivity contribution in [3.63, 3.8) is 0 Å². The van der Waals surface area contributed by atoms with Gasteiger partial charge in [0.25, 0.3) is 0 Å². The first-order valence-corrected chi connectivity index (χ1v) is 6.35. The van der Waals surface area contributed by atoms with Crippen LogP contribution in [0.5, 0.6) is 0 Å². The minimum absolute atomic E-state index is 0.545. The number of piperidine rings is 1. The van der Waals surface area contributed by atoms with E-state index in [1.165, 1.54) is 19.3 Å². The fourth-order valence-corrected chi connectivity index (χ4v) is 2.37. The number of nitrogen functional groups attached to an aromatic ring is 1. The Balaban J connectivity index is 2.10. The van der Waals surface area contributed by atoms with E-state index in [2.05, 4.69) is 29.3 Å². The van der Waals surface area contributed by atoms with Gasteiger partial charge in [-0.25, -0.2) is 9.99 Å². The van der Waals surface area contributed by atoms with E-state index < -0.39 is 0 Å². The van der Waals surface area contributed by atoms with Gasteiger partial charge in [-0.1, -0.05) is 6.42 Å². The standard InChI is InChI=1S/C13H22N4/c1-9-8-15-13(7-12(9)14)16-17-10(2)5-4-6-11(17)3/h7-8,10-11H,4-6H2,1-3H3,(H3,14,15,16). The third kappa shape index (κ3) is 2.69. The van der Waals surface area contributed by atoms with Crippen molar-refractivity contribution < 1.29 is 0 Å². The molecule has 0 spiro atoms. The molecule has 3 N–H and O–H groups in total. The number of nitrogens with two attached hydrogens (primary N) is 1. The summed E-state index contributed by atoms with van der Waals surface area (Å²) >= 11 is 0. The van der Waals surface area contributed by atoms with E-state index in [9.17, 15) is 0 Å². The number of hydrogen-bond donors (Lipinski definition) is 2. The predicted molar refractivity (Wildman–Crippen MR) is 71.6 cm³/mol. The van der Waals surface area contributed by atoms with Crippen LogP contribution in [-0.4, -0.2) is 22.1 Å². The molecule has 4 heteroatoms. The molecular formula is C13H22N4. The van der Waals surface area contributed by atoms with Crippen LogP contribution in [0.2, 0.25) is 0 Å². The second-order valence-corrected chi connectivity index (χ2v) is 5.07. The van der Waals surface area contributed by atoms with Crippen LogP contribution in [-0.2, 0) is 0 Å². The first kappa shape index (κ1) is 12.2. The Morgan fingerprint density at radius 2 is 2.00 bits per heavy atom. The average Bonchev–Trinajstić information content (AvgIpc) is 2.28. The van der Waals surface area contributed by atoms with Crippen LogP contribution in [0, 0.1) is 6.92 Å². The van der Waals surface area contributed by atoms with E-state index in [0.29, 0.717) is 12.1 Å². The normalized spacial score (nSPS) is 25.8. The van der Waals surface area contributed by atoms with Crippen molar-refractivity contribution in [2.24, 2.45) is 0 Å². The maximum atomic E-state index is 5.90. The molecule has 1 aliphatic rings. The number of aromatic nitrogens is 1. The van der Waals surface area contributed by atoms with Crippen LogP contribution < -0.4 is 11.2 Å². The van der Waals surface area contributed by atoms with Gasteiger partial charge >= 0.3 is 0 Å². The van der Waals surface area contributed by atoms with Crippen molar-refractivity contribution >= 4 is 11.5 Å². The molecule has 0 bridgehead atoms. The SMILES string of the molecule is Cc1cnc(NN2C(C)CCCC2C)cc1N. The first-order valence-electron chi connectivity index (χ1n) is 6.35. The number of anilines is 2. The maximum absolute atomic E-state index is 5.90. The van der Waals surface area contributed by atoms with E-state index in [1.807, 2.05) is 19.2 Å².